The summed E-state index contributed by atoms with van der Waals surface area (Å²) in [5, 5.41) is 3.41. The number of methoxy groups -OCH3 is 1. The number of ether oxygens (including phenoxy) is 1. The lowest BCUT2D eigenvalue weighted by Gasteiger charge is -2.05. The van der Waals surface area contributed by atoms with Gasteiger partial charge in [0, 0.05) is 28.6 Å². The zero-order valence-corrected chi connectivity index (χ0v) is 13.1. The summed E-state index contributed by atoms with van der Waals surface area (Å²) in [6, 6.07) is 12.1. The van der Waals surface area contributed by atoms with Crippen molar-refractivity contribution in [2.45, 2.75) is 11.4 Å². The topological polar surface area (TPSA) is 21.3 Å². The van der Waals surface area contributed by atoms with Gasteiger partial charge in [0.1, 0.15) is 5.75 Å². The van der Waals surface area contributed by atoms with Crippen molar-refractivity contribution in [1.29, 1.82) is 0 Å². The van der Waals surface area contributed by atoms with Gasteiger partial charge in [-0.25, -0.2) is 0 Å². The van der Waals surface area contributed by atoms with Gasteiger partial charge in [-0.2, -0.15) is 0 Å². The first-order valence-electron chi connectivity index (χ1n) is 6.00. The van der Waals surface area contributed by atoms with Crippen molar-refractivity contribution in [2.75, 3.05) is 19.4 Å². The van der Waals surface area contributed by atoms with Crippen LogP contribution in [-0.2, 0) is 6.54 Å². The molecule has 0 aliphatic heterocycles. The Morgan fingerprint density at radius 2 is 2.21 bits per heavy atom. The smallest absolute Gasteiger partial charge is 0.119 e. The Balaban J connectivity index is 1.66. The highest BCUT2D eigenvalue weighted by Crippen LogP contribution is 2.23. The monoisotopic (exact) mass is 313 g/mol. The van der Waals surface area contributed by atoms with E-state index in [-0.39, 0.29) is 0 Å². The van der Waals surface area contributed by atoms with Crippen molar-refractivity contribution >= 4 is 34.7 Å². The summed E-state index contributed by atoms with van der Waals surface area (Å²) in [5.41, 5.74) is 0. The zero-order valence-electron chi connectivity index (χ0n) is 10.7. The summed E-state index contributed by atoms with van der Waals surface area (Å²) in [4.78, 5) is 2.51. The van der Waals surface area contributed by atoms with Crippen LogP contribution in [0, 0.1) is 0 Å². The lowest BCUT2D eigenvalue weighted by molar-refractivity contribution is 0.413. The van der Waals surface area contributed by atoms with Crippen LogP contribution < -0.4 is 10.1 Å². The Kier molecular flexibility index (Phi) is 6.04. The minimum atomic E-state index is 0.850. The largest absolute Gasteiger partial charge is 0.497 e. The molecule has 0 unspecified atom stereocenters. The standard InChI is InChI=1S/C14H16ClNOS2/c1-17-11-3-2-4-12(9-11)18-8-7-16-10-13-5-6-14(15)19-13/h2-6,9,16H,7-8,10H2,1H3. The summed E-state index contributed by atoms with van der Waals surface area (Å²) in [5.74, 6) is 1.94. The van der Waals surface area contributed by atoms with Crippen LogP contribution in [0.3, 0.4) is 0 Å². The molecule has 2 rings (SSSR count). The van der Waals surface area contributed by atoms with Crippen LogP contribution in [0.4, 0.5) is 0 Å². The fourth-order valence-electron chi connectivity index (χ4n) is 1.59. The molecule has 0 saturated carbocycles. The van der Waals surface area contributed by atoms with Crippen LogP contribution in [0.2, 0.25) is 4.34 Å². The Morgan fingerprint density at radius 3 is 2.95 bits per heavy atom. The minimum Gasteiger partial charge on any atom is -0.497 e. The Morgan fingerprint density at radius 1 is 1.32 bits per heavy atom. The zero-order chi connectivity index (χ0) is 13.5. The van der Waals surface area contributed by atoms with Gasteiger partial charge in [0.05, 0.1) is 11.4 Å². The molecule has 2 aromatic rings. The summed E-state index contributed by atoms with van der Waals surface area (Å²) in [6.07, 6.45) is 0. The highest BCUT2D eigenvalue weighted by molar-refractivity contribution is 7.99. The van der Waals surface area contributed by atoms with Crippen LogP contribution >= 0.6 is 34.7 Å². The highest BCUT2D eigenvalue weighted by Gasteiger charge is 1.99. The SMILES string of the molecule is COc1cccc(SCCNCc2ccc(Cl)s2)c1. The molecule has 2 nitrogen and oxygen atoms in total. The van der Waals surface area contributed by atoms with Crippen LogP contribution in [0.15, 0.2) is 41.3 Å². The number of thioether (sulfide) groups is 1. The van der Waals surface area contributed by atoms with E-state index in [1.54, 1.807) is 18.4 Å². The quantitative estimate of drug-likeness (QED) is 0.608. The van der Waals surface area contributed by atoms with Gasteiger partial charge < -0.3 is 10.1 Å². The van der Waals surface area contributed by atoms with Gasteiger partial charge in [-0.15, -0.1) is 23.1 Å². The average molecular weight is 314 g/mol. The van der Waals surface area contributed by atoms with E-state index in [2.05, 4.69) is 23.5 Å². The van der Waals surface area contributed by atoms with Crippen molar-refractivity contribution in [2.24, 2.45) is 0 Å². The van der Waals surface area contributed by atoms with Gasteiger partial charge in [0.25, 0.3) is 0 Å². The molecule has 0 fully saturated rings. The van der Waals surface area contributed by atoms with Gasteiger partial charge >= 0.3 is 0 Å². The van der Waals surface area contributed by atoms with E-state index in [9.17, 15) is 0 Å². The van der Waals surface area contributed by atoms with Crippen LogP contribution in [0.1, 0.15) is 4.88 Å². The molecule has 0 spiro atoms. The molecule has 0 saturated heterocycles. The van der Waals surface area contributed by atoms with Crippen molar-refractivity contribution in [3.8, 4) is 5.75 Å². The third kappa shape index (κ3) is 5.07. The fraction of sp³-hybridized carbons (Fsp3) is 0.286. The van der Waals surface area contributed by atoms with E-state index in [4.69, 9.17) is 16.3 Å². The van der Waals surface area contributed by atoms with E-state index < -0.39 is 0 Å². The molecule has 1 heterocycles. The number of hydrogen-bond acceptors (Lipinski definition) is 4. The first-order chi connectivity index (χ1) is 9.28. The normalized spacial score (nSPS) is 10.6. The van der Waals surface area contributed by atoms with E-state index in [1.807, 2.05) is 30.0 Å². The Hall–Kier alpha value is -0.680. The molecule has 102 valence electrons. The lowest BCUT2D eigenvalue weighted by Crippen LogP contribution is -2.15. The number of benzene rings is 1. The molecule has 0 aliphatic carbocycles. The van der Waals surface area contributed by atoms with Crippen LogP contribution in [0.5, 0.6) is 5.75 Å². The third-order valence-electron chi connectivity index (χ3n) is 2.52. The second kappa shape index (κ2) is 7.80. The number of rotatable bonds is 7. The van der Waals surface area contributed by atoms with Gasteiger partial charge in [0.2, 0.25) is 0 Å². The molecule has 0 atom stereocenters. The summed E-state index contributed by atoms with van der Waals surface area (Å²) < 4.78 is 6.05. The minimum absolute atomic E-state index is 0.850. The summed E-state index contributed by atoms with van der Waals surface area (Å²) >= 11 is 9.34. The van der Waals surface area contributed by atoms with Gasteiger partial charge in [-0.3, -0.25) is 0 Å². The van der Waals surface area contributed by atoms with Crippen LogP contribution in [-0.4, -0.2) is 19.4 Å². The second-order valence-electron chi connectivity index (χ2n) is 3.91. The van der Waals surface area contributed by atoms with Crippen molar-refractivity contribution in [3.63, 3.8) is 0 Å². The van der Waals surface area contributed by atoms with Gasteiger partial charge in [0.15, 0.2) is 0 Å². The predicted molar refractivity (Wildman–Crippen MR) is 84.8 cm³/mol. The predicted octanol–water partition coefficient (Wildman–Crippen LogP) is 4.29. The molecule has 0 radical (unpaired) electrons. The van der Waals surface area contributed by atoms with E-state index in [0.717, 1.165) is 28.9 Å². The maximum absolute atomic E-state index is 5.88. The maximum Gasteiger partial charge on any atom is 0.119 e. The average Bonchev–Trinajstić information content (AvgIpc) is 2.84. The van der Waals surface area contributed by atoms with E-state index in [0.29, 0.717) is 0 Å². The molecular weight excluding hydrogens is 298 g/mol. The van der Waals surface area contributed by atoms with Crippen LogP contribution in [0.25, 0.3) is 0 Å². The van der Waals surface area contributed by atoms with Crippen molar-refractivity contribution in [3.05, 3.63) is 45.6 Å². The first-order valence-corrected chi connectivity index (χ1v) is 8.18. The lowest BCUT2D eigenvalue weighted by atomic mass is 10.3. The second-order valence-corrected chi connectivity index (χ2v) is 6.88. The summed E-state index contributed by atoms with van der Waals surface area (Å²) in [7, 11) is 1.69. The van der Waals surface area contributed by atoms with Gasteiger partial charge in [-0.1, -0.05) is 17.7 Å². The molecule has 1 aromatic heterocycles. The van der Waals surface area contributed by atoms with Gasteiger partial charge in [-0.05, 0) is 30.3 Å². The number of hydrogen-bond donors (Lipinski definition) is 1. The molecule has 0 amide bonds. The maximum atomic E-state index is 5.88. The molecule has 0 bridgehead atoms. The summed E-state index contributed by atoms with van der Waals surface area (Å²) in [6.45, 7) is 1.85. The number of nitrogens with one attached hydrogen (secondary N) is 1. The molecule has 1 aromatic carbocycles. The Bertz CT molecular complexity index is 516. The third-order valence-corrected chi connectivity index (χ3v) is 4.74. The highest BCUT2D eigenvalue weighted by atomic mass is 35.5. The Labute approximate surface area is 127 Å². The fourth-order valence-corrected chi connectivity index (χ4v) is 3.50. The number of thiophene rings is 1. The molecule has 5 heteroatoms. The molecule has 1 N–H and O–H groups in total. The molecule has 19 heavy (non-hydrogen) atoms. The van der Waals surface area contributed by atoms with E-state index in [1.165, 1.54) is 9.77 Å². The number of halogens is 1. The molecule has 0 aliphatic rings. The molecular formula is C14H16ClNOS2. The first kappa shape index (κ1) is 14.7. The van der Waals surface area contributed by atoms with E-state index >= 15 is 0 Å². The van der Waals surface area contributed by atoms with Crippen molar-refractivity contribution in [1.82, 2.24) is 5.32 Å². The van der Waals surface area contributed by atoms with Crippen molar-refractivity contribution < 1.29 is 4.74 Å².